The SMILES string of the molecule is CCCCC(Cc1cc(C(C)(C)C)c(O)c(C(C)(C)C)c1)(C(=O)OC1CC(C)(C)N(C(C)=O)C(C)(C)C1)C(=O)OC1CC(C)(C)N(C(C)=O)C(C)(C)C1. The standard InChI is InChI=1S/C44H72N2O7/c1-18-19-20-44(23-30-21-33(38(4,5)6)35(49)34(22-30)39(7,8)9,36(50)52-31-24-40(10,11)45(28(2)47)41(12,13)25-31)37(51)53-32-26-42(14,15)46(29(3)48)43(16,17)27-32/h21-22,31-32,49H,18-20,23-27H2,1-17H3. The fraction of sp³-hybridized carbons (Fsp3) is 0.773. The first-order chi connectivity index (χ1) is 23.8. The van der Waals surface area contributed by atoms with Gasteiger partial charge in [0.2, 0.25) is 11.8 Å². The van der Waals surface area contributed by atoms with Gasteiger partial charge >= 0.3 is 11.9 Å². The molecular weight excluding hydrogens is 668 g/mol. The molecule has 0 saturated carbocycles. The number of esters is 2. The Morgan fingerprint density at radius 3 is 1.26 bits per heavy atom. The smallest absolute Gasteiger partial charge is 0.324 e. The number of aromatic hydroxyl groups is 1. The van der Waals surface area contributed by atoms with E-state index in [4.69, 9.17) is 9.47 Å². The third kappa shape index (κ3) is 9.41. The summed E-state index contributed by atoms with van der Waals surface area (Å²) < 4.78 is 13.0. The first-order valence-corrected chi connectivity index (χ1v) is 19.7. The normalized spacial score (nSPS) is 20.5. The predicted octanol–water partition coefficient (Wildman–Crippen LogP) is 8.93. The Labute approximate surface area is 320 Å². The molecule has 1 aromatic carbocycles. The van der Waals surface area contributed by atoms with Crippen molar-refractivity contribution >= 4 is 23.8 Å². The molecule has 300 valence electrons. The van der Waals surface area contributed by atoms with Gasteiger partial charge in [-0.3, -0.25) is 19.2 Å². The van der Waals surface area contributed by atoms with Crippen molar-refractivity contribution in [2.24, 2.45) is 5.41 Å². The number of amides is 2. The van der Waals surface area contributed by atoms with Crippen LogP contribution in [0.25, 0.3) is 0 Å². The minimum Gasteiger partial charge on any atom is -0.507 e. The lowest BCUT2D eigenvalue weighted by Crippen LogP contribution is -2.64. The number of hydrogen-bond donors (Lipinski definition) is 1. The first kappa shape index (κ1) is 44.3. The molecule has 53 heavy (non-hydrogen) atoms. The van der Waals surface area contributed by atoms with E-state index in [0.717, 1.165) is 23.1 Å². The van der Waals surface area contributed by atoms with E-state index >= 15 is 9.59 Å². The number of nitrogens with zero attached hydrogens (tertiary/aromatic N) is 2. The van der Waals surface area contributed by atoms with Crippen molar-refractivity contribution in [1.82, 2.24) is 9.80 Å². The van der Waals surface area contributed by atoms with Crippen LogP contribution in [0.3, 0.4) is 0 Å². The summed E-state index contributed by atoms with van der Waals surface area (Å²) in [5.41, 5.74) is -2.65. The monoisotopic (exact) mass is 741 g/mol. The number of phenols is 1. The van der Waals surface area contributed by atoms with Gasteiger partial charge in [-0.1, -0.05) is 73.4 Å². The fourth-order valence-electron chi connectivity index (χ4n) is 10.1. The highest BCUT2D eigenvalue weighted by atomic mass is 16.6. The maximum absolute atomic E-state index is 15.1. The van der Waals surface area contributed by atoms with E-state index in [1.807, 2.05) is 126 Å². The van der Waals surface area contributed by atoms with Crippen LogP contribution in [0.2, 0.25) is 0 Å². The molecule has 9 heteroatoms. The molecule has 3 rings (SSSR count). The molecule has 0 unspecified atom stereocenters. The lowest BCUT2D eigenvalue weighted by molar-refractivity contribution is -0.189. The first-order valence-electron chi connectivity index (χ1n) is 19.7. The van der Waals surface area contributed by atoms with Crippen LogP contribution in [0.1, 0.15) is 179 Å². The van der Waals surface area contributed by atoms with Crippen LogP contribution >= 0.6 is 0 Å². The second-order valence-electron chi connectivity index (χ2n) is 20.7. The van der Waals surface area contributed by atoms with Gasteiger partial charge in [0, 0.05) is 61.7 Å². The Kier molecular flexibility index (Phi) is 12.4. The minimum atomic E-state index is -1.69. The Morgan fingerprint density at radius 2 is 1.00 bits per heavy atom. The molecule has 1 N–H and O–H groups in total. The molecule has 0 aromatic heterocycles. The number of carbonyl (C=O) groups is 4. The molecule has 0 atom stereocenters. The third-order valence-corrected chi connectivity index (χ3v) is 11.5. The number of hydrogen-bond acceptors (Lipinski definition) is 7. The molecule has 1 aromatic rings. The summed E-state index contributed by atoms with van der Waals surface area (Å²) >= 11 is 0. The number of phenolic OH excluding ortho intramolecular Hbond substituents is 1. The maximum Gasteiger partial charge on any atom is 0.324 e. The topological polar surface area (TPSA) is 113 Å². The Bertz CT molecular complexity index is 1420. The largest absolute Gasteiger partial charge is 0.507 e. The fourth-order valence-corrected chi connectivity index (χ4v) is 10.1. The van der Waals surface area contributed by atoms with Gasteiger partial charge in [0.25, 0.3) is 0 Å². The van der Waals surface area contributed by atoms with Crippen LogP contribution in [0.5, 0.6) is 5.75 Å². The quantitative estimate of drug-likeness (QED) is 0.199. The maximum atomic E-state index is 15.1. The van der Waals surface area contributed by atoms with Gasteiger partial charge in [-0.05, 0) is 95.8 Å². The van der Waals surface area contributed by atoms with E-state index in [1.165, 1.54) is 0 Å². The van der Waals surface area contributed by atoms with Crippen LogP contribution in [0.4, 0.5) is 0 Å². The molecule has 0 spiro atoms. The summed E-state index contributed by atoms with van der Waals surface area (Å²) in [7, 11) is 0. The van der Waals surface area contributed by atoms with E-state index in [9.17, 15) is 14.7 Å². The van der Waals surface area contributed by atoms with Crippen molar-refractivity contribution in [3.8, 4) is 5.75 Å². The number of ether oxygens (including phenoxy) is 2. The molecule has 2 heterocycles. The van der Waals surface area contributed by atoms with E-state index in [-0.39, 0.29) is 30.4 Å². The molecule has 2 fully saturated rings. The summed E-state index contributed by atoms with van der Waals surface area (Å²) in [6, 6.07) is 3.86. The number of carbonyl (C=O) groups excluding carboxylic acids is 4. The van der Waals surface area contributed by atoms with Crippen LogP contribution in [-0.2, 0) is 45.9 Å². The minimum absolute atomic E-state index is 0.0370. The predicted molar refractivity (Wildman–Crippen MR) is 211 cm³/mol. The highest BCUT2D eigenvalue weighted by Gasteiger charge is 2.55. The lowest BCUT2D eigenvalue weighted by atomic mass is 9.73. The summed E-state index contributed by atoms with van der Waals surface area (Å²) in [6.07, 6.45) is 2.20. The van der Waals surface area contributed by atoms with Gasteiger partial charge in [0.15, 0.2) is 5.41 Å². The van der Waals surface area contributed by atoms with Gasteiger partial charge < -0.3 is 24.4 Å². The number of rotatable bonds is 9. The molecule has 0 radical (unpaired) electrons. The van der Waals surface area contributed by atoms with Crippen LogP contribution < -0.4 is 0 Å². The summed E-state index contributed by atoms with van der Waals surface area (Å²) in [6.45, 7) is 33.3. The zero-order chi connectivity index (χ0) is 40.9. The van der Waals surface area contributed by atoms with Crippen LogP contribution in [0.15, 0.2) is 12.1 Å². The second-order valence-corrected chi connectivity index (χ2v) is 20.7. The van der Waals surface area contributed by atoms with E-state index < -0.39 is 62.5 Å². The summed E-state index contributed by atoms with van der Waals surface area (Å²) in [4.78, 5) is 59.5. The zero-order valence-corrected chi connectivity index (χ0v) is 36.3. The Balaban J connectivity index is 2.22. The van der Waals surface area contributed by atoms with Gasteiger partial charge in [0.05, 0.1) is 0 Å². The molecule has 0 aliphatic carbocycles. The number of likely N-dealkylation sites (tertiary alicyclic amines) is 2. The van der Waals surface area contributed by atoms with Crippen LogP contribution in [-0.4, -0.2) is 73.0 Å². The molecule has 0 bridgehead atoms. The molecular formula is C44H72N2O7. The molecule has 2 aliphatic heterocycles. The second kappa shape index (κ2) is 14.9. The van der Waals surface area contributed by atoms with E-state index in [2.05, 4.69) is 0 Å². The third-order valence-electron chi connectivity index (χ3n) is 11.5. The van der Waals surface area contributed by atoms with Crippen molar-refractivity contribution < 1.29 is 33.8 Å². The van der Waals surface area contributed by atoms with E-state index in [1.54, 1.807) is 13.8 Å². The highest BCUT2D eigenvalue weighted by Crippen LogP contribution is 2.46. The Morgan fingerprint density at radius 1 is 0.679 bits per heavy atom. The van der Waals surface area contributed by atoms with Crippen molar-refractivity contribution in [3.63, 3.8) is 0 Å². The molecule has 9 nitrogen and oxygen atoms in total. The van der Waals surface area contributed by atoms with Crippen molar-refractivity contribution in [2.45, 2.75) is 214 Å². The average Bonchev–Trinajstić information content (AvgIpc) is 2.91. The number of unbranched alkanes of at least 4 members (excludes halogenated alkanes) is 1. The number of piperidine rings is 2. The lowest BCUT2D eigenvalue weighted by Gasteiger charge is -2.55. The van der Waals surface area contributed by atoms with Crippen LogP contribution in [0, 0.1) is 5.41 Å². The van der Waals surface area contributed by atoms with Crippen molar-refractivity contribution in [2.75, 3.05) is 0 Å². The zero-order valence-electron chi connectivity index (χ0n) is 36.3. The average molecular weight is 741 g/mol. The van der Waals surface area contributed by atoms with Gasteiger partial charge in [-0.2, -0.15) is 0 Å². The Hall–Kier alpha value is -3.10. The highest BCUT2D eigenvalue weighted by molar-refractivity contribution is 6.00. The van der Waals surface area contributed by atoms with Gasteiger partial charge in [-0.15, -0.1) is 0 Å². The van der Waals surface area contributed by atoms with Gasteiger partial charge in [0.1, 0.15) is 18.0 Å². The number of benzene rings is 1. The van der Waals surface area contributed by atoms with Crippen molar-refractivity contribution in [1.29, 1.82) is 0 Å². The molecule has 2 aliphatic rings. The van der Waals surface area contributed by atoms with E-state index in [0.29, 0.717) is 32.1 Å². The van der Waals surface area contributed by atoms with Gasteiger partial charge in [-0.25, -0.2) is 0 Å². The van der Waals surface area contributed by atoms with Crippen molar-refractivity contribution in [3.05, 3.63) is 28.8 Å². The summed E-state index contributed by atoms with van der Waals surface area (Å²) in [5.74, 6) is -1.09. The summed E-state index contributed by atoms with van der Waals surface area (Å²) in [5, 5.41) is 11.6. The molecule has 2 amide bonds. The molecule has 2 saturated heterocycles.